The van der Waals surface area contributed by atoms with Gasteiger partial charge in [0.2, 0.25) is 5.69 Å². The molecular formula is C12H20N4O5. The summed E-state index contributed by atoms with van der Waals surface area (Å²) in [4.78, 5) is 23.1. The first-order valence-electron chi connectivity index (χ1n) is 6.69. The lowest BCUT2D eigenvalue weighted by Gasteiger charge is -2.06. The van der Waals surface area contributed by atoms with Crippen molar-refractivity contribution in [2.75, 3.05) is 32.2 Å². The van der Waals surface area contributed by atoms with Gasteiger partial charge in [0.05, 0.1) is 13.2 Å². The van der Waals surface area contributed by atoms with Crippen LogP contribution in [0.25, 0.3) is 0 Å². The summed E-state index contributed by atoms with van der Waals surface area (Å²) in [6.45, 7) is 4.73. The van der Waals surface area contributed by atoms with Gasteiger partial charge >= 0.3 is 11.9 Å². The van der Waals surface area contributed by atoms with Crippen LogP contribution in [0.5, 0.6) is 0 Å². The van der Waals surface area contributed by atoms with E-state index >= 15 is 0 Å². The predicted molar refractivity (Wildman–Crippen MR) is 72.5 cm³/mol. The number of nitrogens with two attached hydrogens (primary N) is 1. The lowest BCUT2D eigenvalue weighted by molar-refractivity contribution is -0.146. The van der Waals surface area contributed by atoms with Gasteiger partial charge in [-0.25, -0.2) is 9.48 Å². The van der Waals surface area contributed by atoms with Crippen LogP contribution in [-0.4, -0.2) is 53.4 Å². The van der Waals surface area contributed by atoms with Gasteiger partial charge < -0.3 is 19.9 Å². The van der Waals surface area contributed by atoms with E-state index in [0.29, 0.717) is 13.2 Å². The average Bonchev–Trinajstić information content (AvgIpc) is 2.80. The van der Waals surface area contributed by atoms with Crippen LogP contribution >= 0.6 is 0 Å². The summed E-state index contributed by atoms with van der Waals surface area (Å²) in [7, 11) is 0. The number of nitrogen functional groups attached to an aromatic ring is 1. The van der Waals surface area contributed by atoms with Crippen molar-refractivity contribution in [1.82, 2.24) is 15.0 Å². The number of hydrogen-bond donors (Lipinski definition) is 1. The average molecular weight is 300 g/mol. The topological polar surface area (TPSA) is 119 Å². The van der Waals surface area contributed by atoms with Crippen molar-refractivity contribution >= 4 is 17.8 Å². The number of aromatic nitrogens is 3. The number of ether oxygens (including phenoxy) is 3. The molecule has 0 spiro atoms. The predicted octanol–water partition coefficient (Wildman–Crippen LogP) is 0.00680. The van der Waals surface area contributed by atoms with Gasteiger partial charge in [-0.3, -0.25) is 4.79 Å². The van der Waals surface area contributed by atoms with Crippen LogP contribution in [0.3, 0.4) is 0 Å². The second kappa shape index (κ2) is 8.90. The van der Waals surface area contributed by atoms with E-state index in [0.717, 1.165) is 11.1 Å². The highest BCUT2D eigenvalue weighted by Gasteiger charge is 2.20. The molecule has 0 aliphatic heterocycles. The maximum atomic E-state index is 11.6. The number of carbonyl (C=O) groups is 2. The van der Waals surface area contributed by atoms with Crippen molar-refractivity contribution in [2.45, 2.75) is 26.8 Å². The highest BCUT2D eigenvalue weighted by Crippen LogP contribution is 2.09. The Bertz CT molecular complexity index is 474. The number of carbonyl (C=O) groups excluding carboxylic acids is 2. The van der Waals surface area contributed by atoms with Crippen molar-refractivity contribution in [2.24, 2.45) is 0 Å². The Balaban J connectivity index is 2.44. The van der Waals surface area contributed by atoms with Crippen molar-refractivity contribution in [3.63, 3.8) is 0 Å². The Morgan fingerprint density at radius 3 is 2.62 bits per heavy atom. The highest BCUT2D eigenvalue weighted by atomic mass is 16.6. The van der Waals surface area contributed by atoms with E-state index in [9.17, 15) is 9.59 Å². The van der Waals surface area contributed by atoms with Crippen LogP contribution in [0.2, 0.25) is 0 Å². The molecule has 9 nitrogen and oxygen atoms in total. The minimum atomic E-state index is -0.678. The van der Waals surface area contributed by atoms with Crippen molar-refractivity contribution in [3.8, 4) is 0 Å². The Morgan fingerprint density at radius 1 is 1.19 bits per heavy atom. The molecular weight excluding hydrogens is 280 g/mol. The molecule has 0 atom stereocenters. The zero-order valence-electron chi connectivity index (χ0n) is 12.2. The molecule has 0 aromatic carbocycles. The number of esters is 2. The fourth-order valence-electron chi connectivity index (χ4n) is 1.41. The summed E-state index contributed by atoms with van der Waals surface area (Å²) in [5, 5.41) is 7.21. The first-order chi connectivity index (χ1) is 10.1. The molecule has 1 aromatic heterocycles. The maximum Gasteiger partial charge on any atom is 0.362 e. The molecule has 0 radical (unpaired) electrons. The molecule has 1 heterocycles. The molecule has 0 saturated carbocycles. The van der Waals surface area contributed by atoms with E-state index in [4.69, 9.17) is 19.9 Å². The molecule has 0 aliphatic rings. The summed E-state index contributed by atoms with van der Waals surface area (Å²) >= 11 is 0. The SMILES string of the molecule is CCCOCCOC(=O)Cn1nnc(C(=O)OCC)c1N. The fourth-order valence-corrected chi connectivity index (χ4v) is 1.41. The molecule has 21 heavy (non-hydrogen) atoms. The van der Waals surface area contributed by atoms with E-state index in [1.54, 1.807) is 6.92 Å². The van der Waals surface area contributed by atoms with Gasteiger partial charge in [0.25, 0.3) is 0 Å². The standard InChI is InChI=1S/C12H20N4O5/c1-3-5-19-6-7-21-9(17)8-16-11(13)10(14-15-16)12(18)20-4-2/h3-8,13H2,1-2H3. The molecule has 0 aliphatic carbocycles. The summed E-state index contributed by atoms with van der Waals surface area (Å²) < 4.78 is 16.0. The largest absolute Gasteiger partial charge is 0.462 e. The van der Waals surface area contributed by atoms with Crippen LogP contribution in [0, 0.1) is 0 Å². The summed E-state index contributed by atoms with van der Waals surface area (Å²) in [5.41, 5.74) is 5.57. The summed E-state index contributed by atoms with van der Waals surface area (Å²) in [6, 6.07) is 0. The van der Waals surface area contributed by atoms with Crippen LogP contribution in [0.1, 0.15) is 30.8 Å². The normalized spacial score (nSPS) is 10.4. The first-order valence-corrected chi connectivity index (χ1v) is 6.69. The summed E-state index contributed by atoms with van der Waals surface area (Å²) in [6.07, 6.45) is 0.903. The molecule has 1 aromatic rings. The van der Waals surface area contributed by atoms with E-state index in [1.165, 1.54) is 0 Å². The lowest BCUT2D eigenvalue weighted by Crippen LogP contribution is -2.19. The molecule has 0 bridgehead atoms. The van der Waals surface area contributed by atoms with Gasteiger partial charge in [0.15, 0.2) is 5.82 Å². The van der Waals surface area contributed by atoms with E-state index < -0.39 is 11.9 Å². The minimum absolute atomic E-state index is 0.0346. The molecule has 118 valence electrons. The van der Waals surface area contributed by atoms with Crippen molar-refractivity contribution < 1.29 is 23.8 Å². The maximum absolute atomic E-state index is 11.6. The number of rotatable bonds is 9. The third-order valence-corrected chi connectivity index (χ3v) is 2.36. The Labute approximate surface area is 122 Å². The minimum Gasteiger partial charge on any atom is -0.462 e. The monoisotopic (exact) mass is 300 g/mol. The molecule has 0 unspecified atom stereocenters. The Morgan fingerprint density at radius 2 is 1.95 bits per heavy atom. The second-order valence-electron chi connectivity index (χ2n) is 4.03. The van der Waals surface area contributed by atoms with Crippen LogP contribution in [0.4, 0.5) is 5.82 Å². The fraction of sp³-hybridized carbons (Fsp3) is 0.667. The van der Waals surface area contributed by atoms with Gasteiger partial charge in [-0.2, -0.15) is 0 Å². The van der Waals surface area contributed by atoms with Crippen LogP contribution in [-0.2, 0) is 25.5 Å². The number of nitrogens with zero attached hydrogens (tertiary/aromatic N) is 3. The van der Waals surface area contributed by atoms with Gasteiger partial charge in [-0.15, -0.1) is 5.10 Å². The lowest BCUT2D eigenvalue weighted by atomic mass is 10.4. The van der Waals surface area contributed by atoms with Gasteiger partial charge in [0.1, 0.15) is 13.2 Å². The molecule has 1 rings (SSSR count). The van der Waals surface area contributed by atoms with Crippen LogP contribution < -0.4 is 5.73 Å². The molecule has 0 amide bonds. The van der Waals surface area contributed by atoms with Gasteiger partial charge in [-0.1, -0.05) is 12.1 Å². The van der Waals surface area contributed by atoms with E-state index in [1.807, 2.05) is 6.92 Å². The Hall–Kier alpha value is -2.16. The number of hydrogen-bond acceptors (Lipinski definition) is 8. The molecule has 9 heteroatoms. The number of anilines is 1. The molecule has 0 saturated heterocycles. The third-order valence-electron chi connectivity index (χ3n) is 2.36. The Kier molecular flexibility index (Phi) is 7.16. The van der Waals surface area contributed by atoms with Gasteiger partial charge in [0, 0.05) is 6.61 Å². The third kappa shape index (κ3) is 5.38. The van der Waals surface area contributed by atoms with Crippen LogP contribution in [0.15, 0.2) is 0 Å². The smallest absolute Gasteiger partial charge is 0.362 e. The van der Waals surface area contributed by atoms with Crippen molar-refractivity contribution in [1.29, 1.82) is 0 Å². The van der Waals surface area contributed by atoms with Crippen molar-refractivity contribution in [3.05, 3.63) is 5.69 Å². The molecule has 2 N–H and O–H groups in total. The van der Waals surface area contributed by atoms with E-state index in [-0.39, 0.29) is 31.3 Å². The highest BCUT2D eigenvalue weighted by molar-refractivity contribution is 5.92. The quantitative estimate of drug-likeness (QED) is 0.500. The first kappa shape index (κ1) is 16.9. The summed E-state index contributed by atoms with van der Waals surface area (Å²) in [5.74, 6) is -1.25. The van der Waals surface area contributed by atoms with E-state index in [2.05, 4.69) is 10.3 Å². The van der Waals surface area contributed by atoms with Gasteiger partial charge in [-0.05, 0) is 13.3 Å². The molecule has 0 fully saturated rings. The zero-order chi connectivity index (χ0) is 15.7. The zero-order valence-corrected chi connectivity index (χ0v) is 12.2. The second-order valence-corrected chi connectivity index (χ2v) is 4.03.